The van der Waals surface area contributed by atoms with Crippen molar-refractivity contribution in [3.8, 4) is 5.75 Å². The van der Waals surface area contributed by atoms with Crippen molar-refractivity contribution in [1.82, 2.24) is 4.90 Å². The molecule has 1 aromatic carbocycles. The SMILES string of the molecule is CCN(C(=O)C(C)OC(=O)c1ccc2c(c1)CCO2)C1CCS(=O)(=O)C1. The van der Waals surface area contributed by atoms with Crippen LogP contribution in [0.1, 0.15) is 36.2 Å². The third-order valence-electron chi connectivity index (χ3n) is 4.83. The molecule has 7 nitrogen and oxygen atoms in total. The maximum Gasteiger partial charge on any atom is 0.338 e. The average Bonchev–Trinajstić information content (AvgIpc) is 3.20. The molecule has 1 amide bonds. The number of benzene rings is 1. The van der Waals surface area contributed by atoms with Crippen LogP contribution < -0.4 is 4.74 Å². The Bertz CT molecular complexity index is 819. The van der Waals surface area contributed by atoms with E-state index in [1.54, 1.807) is 25.1 Å². The third-order valence-corrected chi connectivity index (χ3v) is 6.58. The van der Waals surface area contributed by atoms with Crippen LogP contribution in [0.3, 0.4) is 0 Å². The lowest BCUT2D eigenvalue weighted by molar-refractivity contribution is -0.141. The van der Waals surface area contributed by atoms with Crippen LogP contribution >= 0.6 is 0 Å². The summed E-state index contributed by atoms with van der Waals surface area (Å²) in [6.45, 7) is 4.27. The van der Waals surface area contributed by atoms with Gasteiger partial charge in [0.15, 0.2) is 15.9 Å². The zero-order valence-corrected chi connectivity index (χ0v) is 15.8. The van der Waals surface area contributed by atoms with Crippen LogP contribution in [0.5, 0.6) is 5.75 Å². The molecule has 1 aromatic rings. The molecule has 2 heterocycles. The molecule has 3 rings (SSSR count). The molecule has 0 bridgehead atoms. The molecular weight excluding hydrogens is 358 g/mol. The largest absolute Gasteiger partial charge is 0.493 e. The Kier molecular flexibility index (Phi) is 5.22. The second-order valence-corrected chi connectivity index (χ2v) is 8.88. The Labute approximate surface area is 153 Å². The van der Waals surface area contributed by atoms with E-state index in [0.29, 0.717) is 25.1 Å². The van der Waals surface area contributed by atoms with Gasteiger partial charge in [-0.1, -0.05) is 0 Å². The number of carbonyl (C=O) groups excluding carboxylic acids is 2. The molecule has 8 heteroatoms. The van der Waals surface area contributed by atoms with E-state index in [0.717, 1.165) is 17.7 Å². The fraction of sp³-hybridized carbons (Fsp3) is 0.556. The molecule has 0 aromatic heterocycles. The van der Waals surface area contributed by atoms with Gasteiger partial charge in [0.05, 0.1) is 23.7 Å². The fourth-order valence-corrected chi connectivity index (χ4v) is 5.17. The first-order chi connectivity index (χ1) is 12.3. The molecule has 0 aliphatic carbocycles. The van der Waals surface area contributed by atoms with Crippen LogP contribution in [0.2, 0.25) is 0 Å². The summed E-state index contributed by atoms with van der Waals surface area (Å²) < 4.78 is 34.1. The monoisotopic (exact) mass is 381 g/mol. The quantitative estimate of drug-likeness (QED) is 0.712. The second kappa shape index (κ2) is 7.26. The van der Waals surface area contributed by atoms with Crippen molar-refractivity contribution in [2.24, 2.45) is 0 Å². The van der Waals surface area contributed by atoms with Gasteiger partial charge >= 0.3 is 5.97 Å². The number of rotatable bonds is 5. The summed E-state index contributed by atoms with van der Waals surface area (Å²) in [6, 6.07) is 4.72. The Morgan fingerprint density at radius 1 is 1.38 bits per heavy atom. The zero-order chi connectivity index (χ0) is 18.9. The van der Waals surface area contributed by atoms with Gasteiger partial charge in [-0.15, -0.1) is 0 Å². The summed E-state index contributed by atoms with van der Waals surface area (Å²) in [5.74, 6) is -0.112. The summed E-state index contributed by atoms with van der Waals surface area (Å²) in [4.78, 5) is 26.5. The number of sulfone groups is 1. The minimum atomic E-state index is -3.10. The summed E-state index contributed by atoms with van der Waals surface area (Å²) in [5.41, 5.74) is 1.32. The summed E-state index contributed by atoms with van der Waals surface area (Å²) in [7, 11) is -3.10. The van der Waals surface area contributed by atoms with Crippen LogP contribution in [0.4, 0.5) is 0 Å². The number of amides is 1. The van der Waals surface area contributed by atoms with Crippen molar-refractivity contribution in [1.29, 1.82) is 0 Å². The molecule has 1 fully saturated rings. The lowest BCUT2D eigenvalue weighted by atomic mass is 10.1. The van der Waals surface area contributed by atoms with E-state index < -0.39 is 21.9 Å². The van der Waals surface area contributed by atoms with Crippen molar-refractivity contribution in [2.45, 2.75) is 38.8 Å². The molecular formula is C18H23NO6S. The van der Waals surface area contributed by atoms with Crippen molar-refractivity contribution < 1.29 is 27.5 Å². The maximum atomic E-state index is 12.7. The van der Waals surface area contributed by atoms with Gasteiger partial charge in [0.25, 0.3) is 5.91 Å². The predicted octanol–water partition coefficient (Wildman–Crippen LogP) is 1.20. The summed E-state index contributed by atoms with van der Waals surface area (Å²) >= 11 is 0. The zero-order valence-electron chi connectivity index (χ0n) is 14.9. The molecule has 2 unspecified atom stereocenters. The third kappa shape index (κ3) is 3.85. The Morgan fingerprint density at radius 2 is 2.15 bits per heavy atom. The van der Waals surface area contributed by atoms with Gasteiger partial charge in [-0.05, 0) is 44.0 Å². The predicted molar refractivity (Wildman–Crippen MR) is 95.0 cm³/mol. The lowest BCUT2D eigenvalue weighted by Gasteiger charge is -2.29. The number of ether oxygens (including phenoxy) is 2. The Morgan fingerprint density at radius 3 is 2.81 bits per heavy atom. The van der Waals surface area contributed by atoms with Gasteiger partial charge < -0.3 is 14.4 Å². The number of likely N-dealkylation sites (N-methyl/N-ethyl adjacent to an activating group) is 1. The number of hydrogen-bond donors (Lipinski definition) is 0. The van der Waals surface area contributed by atoms with Gasteiger partial charge in [-0.3, -0.25) is 4.79 Å². The summed E-state index contributed by atoms with van der Waals surface area (Å²) in [5, 5.41) is 0. The van der Waals surface area contributed by atoms with E-state index in [-0.39, 0.29) is 23.5 Å². The number of fused-ring (bicyclic) bond motifs is 1. The van der Waals surface area contributed by atoms with E-state index in [1.165, 1.54) is 11.8 Å². The van der Waals surface area contributed by atoms with Gasteiger partial charge in [0.2, 0.25) is 0 Å². The normalized spacial score (nSPS) is 21.5. The van der Waals surface area contributed by atoms with Crippen molar-refractivity contribution in [3.05, 3.63) is 29.3 Å². The minimum Gasteiger partial charge on any atom is -0.493 e. The molecule has 2 aliphatic rings. The number of esters is 1. The molecule has 142 valence electrons. The van der Waals surface area contributed by atoms with Gasteiger partial charge in [0.1, 0.15) is 5.75 Å². The fourth-order valence-electron chi connectivity index (χ4n) is 3.44. The molecule has 0 spiro atoms. The molecule has 1 saturated heterocycles. The highest BCUT2D eigenvalue weighted by molar-refractivity contribution is 7.91. The molecule has 26 heavy (non-hydrogen) atoms. The van der Waals surface area contributed by atoms with Crippen molar-refractivity contribution in [2.75, 3.05) is 24.7 Å². The van der Waals surface area contributed by atoms with Crippen molar-refractivity contribution >= 4 is 21.7 Å². The summed E-state index contributed by atoms with van der Waals surface area (Å²) in [6.07, 6.45) is 0.188. The van der Waals surface area contributed by atoms with Crippen LogP contribution in [0, 0.1) is 0 Å². The number of nitrogens with zero attached hydrogens (tertiary/aromatic N) is 1. The average molecular weight is 381 g/mol. The van der Waals surface area contributed by atoms with Crippen LogP contribution in [0.25, 0.3) is 0 Å². The molecule has 2 aliphatic heterocycles. The first kappa shape index (κ1) is 18.7. The first-order valence-corrected chi connectivity index (χ1v) is 10.6. The van der Waals surface area contributed by atoms with Gasteiger partial charge in [-0.25, -0.2) is 13.2 Å². The molecule has 0 radical (unpaired) electrons. The highest BCUT2D eigenvalue weighted by atomic mass is 32.2. The van der Waals surface area contributed by atoms with E-state index in [9.17, 15) is 18.0 Å². The molecule has 2 atom stereocenters. The van der Waals surface area contributed by atoms with Crippen LogP contribution in [-0.2, 0) is 25.8 Å². The minimum absolute atomic E-state index is 0.0297. The topological polar surface area (TPSA) is 90.0 Å². The number of carbonyl (C=O) groups is 2. The molecule has 0 saturated carbocycles. The standard InChI is InChI=1S/C18H23NO6S/c1-3-19(15-7-9-26(22,23)11-15)17(20)12(2)25-18(21)14-4-5-16-13(10-14)6-8-24-16/h4-5,10,12,15H,3,6-9,11H2,1-2H3. The second-order valence-electron chi connectivity index (χ2n) is 6.65. The maximum absolute atomic E-state index is 12.7. The highest BCUT2D eigenvalue weighted by Gasteiger charge is 2.36. The van der Waals surface area contributed by atoms with E-state index in [2.05, 4.69) is 0 Å². The number of hydrogen-bond acceptors (Lipinski definition) is 6. The van der Waals surface area contributed by atoms with E-state index >= 15 is 0 Å². The van der Waals surface area contributed by atoms with Crippen molar-refractivity contribution in [3.63, 3.8) is 0 Å². The van der Waals surface area contributed by atoms with E-state index in [4.69, 9.17) is 9.47 Å². The highest BCUT2D eigenvalue weighted by Crippen LogP contribution is 2.26. The van der Waals surface area contributed by atoms with Crippen LogP contribution in [0.15, 0.2) is 18.2 Å². The Hall–Kier alpha value is -2.09. The van der Waals surface area contributed by atoms with Gasteiger partial charge in [-0.2, -0.15) is 0 Å². The van der Waals surface area contributed by atoms with Gasteiger partial charge in [0, 0.05) is 19.0 Å². The lowest BCUT2D eigenvalue weighted by Crippen LogP contribution is -2.46. The van der Waals surface area contributed by atoms with Crippen LogP contribution in [-0.4, -0.2) is 62.0 Å². The van der Waals surface area contributed by atoms with E-state index in [1.807, 2.05) is 0 Å². The molecule has 0 N–H and O–H groups in total. The smallest absolute Gasteiger partial charge is 0.338 e. The Balaban J connectivity index is 1.65. The first-order valence-electron chi connectivity index (χ1n) is 8.78.